The van der Waals surface area contributed by atoms with Crippen LogP contribution in [0.2, 0.25) is 0 Å². The molecule has 0 fully saturated rings. The molecule has 1 aromatic carbocycles. The van der Waals surface area contributed by atoms with Crippen molar-refractivity contribution in [1.82, 2.24) is 5.32 Å². The minimum atomic E-state index is -0.0110. The standard InChI is InChI=1S/C13H14ClNOS/c1-9(7-14)8-15-13(16)12-6-10-4-2-3-5-11(10)17-12/h2-6,9H,7-8H2,1H3,(H,15,16). The molecule has 0 bridgehead atoms. The normalized spacial score (nSPS) is 12.6. The van der Waals surface area contributed by atoms with Crippen LogP contribution in [0.4, 0.5) is 0 Å². The Balaban J connectivity index is 2.08. The Morgan fingerprint density at radius 2 is 2.24 bits per heavy atom. The van der Waals surface area contributed by atoms with E-state index >= 15 is 0 Å². The molecule has 2 rings (SSSR count). The number of hydrogen-bond acceptors (Lipinski definition) is 2. The maximum atomic E-state index is 11.9. The molecule has 2 nitrogen and oxygen atoms in total. The molecule has 1 heterocycles. The second kappa shape index (κ2) is 5.52. The first-order valence-electron chi connectivity index (χ1n) is 5.53. The van der Waals surface area contributed by atoms with Crippen LogP contribution in [0.15, 0.2) is 30.3 Å². The van der Waals surface area contributed by atoms with Crippen LogP contribution in [0.1, 0.15) is 16.6 Å². The van der Waals surface area contributed by atoms with Gasteiger partial charge in [0.05, 0.1) is 4.88 Å². The van der Waals surface area contributed by atoms with E-state index in [0.717, 1.165) is 15.0 Å². The van der Waals surface area contributed by atoms with Crippen molar-refractivity contribution in [3.8, 4) is 0 Å². The lowest BCUT2D eigenvalue weighted by Gasteiger charge is -2.07. The predicted octanol–water partition coefficient (Wildman–Crippen LogP) is 3.51. The third kappa shape index (κ3) is 2.99. The third-order valence-corrected chi connectivity index (χ3v) is 4.17. The fraction of sp³-hybridized carbons (Fsp3) is 0.308. The molecule has 0 radical (unpaired) electrons. The predicted molar refractivity (Wildman–Crippen MR) is 74.0 cm³/mol. The van der Waals surface area contributed by atoms with Crippen molar-refractivity contribution < 1.29 is 4.79 Å². The summed E-state index contributed by atoms with van der Waals surface area (Å²) in [6, 6.07) is 9.94. The molecule has 90 valence electrons. The number of carbonyl (C=O) groups is 1. The molecule has 0 saturated heterocycles. The molecule has 0 aliphatic heterocycles. The average Bonchev–Trinajstić information content (AvgIpc) is 2.79. The Labute approximate surface area is 110 Å². The van der Waals surface area contributed by atoms with Crippen molar-refractivity contribution in [2.75, 3.05) is 12.4 Å². The molecular formula is C13H14ClNOS. The van der Waals surface area contributed by atoms with Gasteiger partial charge in [-0.3, -0.25) is 4.79 Å². The lowest BCUT2D eigenvalue weighted by Crippen LogP contribution is -2.28. The first-order chi connectivity index (χ1) is 8.20. The molecule has 17 heavy (non-hydrogen) atoms. The zero-order chi connectivity index (χ0) is 12.3. The molecule has 0 spiro atoms. The van der Waals surface area contributed by atoms with Crippen molar-refractivity contribution in [1.29, 1.82) is 0 Å². The van der Waals surface area contributed by atoms with Crippen molar-refractivity contribution in [3.05, 3.63) is 35.2 Å². The second-order valence-corrected chi connectivity index (χ2v) is 5.51. The van der Waals surface area contributed by atoms with Gasteiger partial charge in [-0.1, -0.05) is 25.1 Å². The van der Waals surface area contributed by atoms with Gasteiger partial charge in [0.2, 0.25) is 0 Å². The van der Waals surface area contributed by atoms with Gasteiger partial charge < -0.3 is 5.32 Å². The van der Waals surface area contributed by atoms with Gasteiger partial charge in [0.1, 0.15) is 0 Å². The largest absolute Gasteiger partial charge is 0.351 e. The number of thiophene rings is 1. The van der Waals surface area contributed by atoms with E-state index in [0.29, 0.717) is 18.3 Å². The summed E-state index contributed by atoms with van der Waals surface area (Å²) in [7, 11) is 0. The maximum Gasteiger partial charge on any atom is 0.261 e. The van der Waals surface area contributed by atoms with E-state index < -0.39 is 0 Å². The van der Waals surface area contributed by atoms with Gasteiger partial charge in [0, 0.05) is 17.1 Å². The fourth-order valence-electron chi connectivity index (χ4n) is 1.50. The molecule has 0 aliphatic carbocycles. The van der Waals surface area contributed by atoms with Crippen LogP contribution >= 0.6 is 22.9 Å². The molecule has 0 aliphatic rings. The van der Waals surface area contributed by atoms with Gasteiger partial charge in [-0.2, -0.15) is 0 Å². The highest BCUT2D eigenvalue weighted by Gasteiger charge is 2.10. The van der Waals surface area contributed by atoms with Crippen molar-refractivity contribution >= 4 is 38.9 Å². The summed E-state index contributed by atoms with van der Waals surface area (Å²) in [5.41, 5.74) is 0. The second-order valence-electron chi connectivity index (χ2n) is 4.12. The fourth-order valence-corrected chi connectivity index (χ4v) is 2.59. The van der Waals surface area contributed by atoms with Gasteiger partial charge >= 0.3 is 0 Å². The van der Waals surface area contributed by atoms with Crippen LogP contribution in [-0.4, -0.2) is 18.3 Å². The van der Waals surface area contributed by atoms with Crippen LogP contribution in [0, 0.1) is 5.92 Å². The van der Waals surface area contributed by atoms with Gasteiger partial charge in [0.25, 0.3) is 5.91 Å². The first kappa shape index (κ1) is 12.4. The summed E-state index contributed by atoms with van der Waals surface area (Å²) < 4.78 is 1.14. The average molecular weight is 268 g/mol. The van der Waals surface area contributed by atoms with Crippen molar-refractivity contribution in [2.24, 2.45) is 5.92 Å². The molecule has 0 saturated carbocycles. The van der Waals surface area contributed by atoms with E-state index in [-0.39, 0.29) is 5.91 Å². The number of benzene rings is 1. The molecule has 1 unspecified atom stereocenters. The van der Waals surface area contributed by atoms with E-state index in [1.807, 2.05) is 37.3 Å². The summed E-state index contributed by atoms with van der Waals surface area (Å²) in [6.45, 7) is 2.63. The molecule has 2 aromatic rings. The highest BCUT2D eigenvalue weighted by Crippen LogP contribution is 2.24. The molecule has 4 heteroatoms. The Kier molecular flexibility index (Phi) is 4.02. The van der Waals surface area contributed by atoms with E-state index in [4.69, 9.17) is 11.6 Å². The number of rotatable bonds is 4. The van der Waals surface area contributed by atoms with Gasteiger partial charge in [0.15, 0.2) is 0 Å². The smallest absolute Gasteiger partial charge is 0.261 e. The molecule has 1 N–H and O–H groups in total. The SMILES string of the molecule is CC(CCl)CNC(=O)c1cc2ccccc2s1. The number of fused-ring (bicyclic) bond motifs is 1. The Hall–Kier alpha value is -1.06. The van der Waals surface area contributed by atoms with E-state index in [1.165, 1.54) is 11.3 Å². The molecular weight excluding hydrogens is 254 g/mol. The summed E-state index contributed by atoms with van der Waals surface area (Å²) in [6.07, 6.45) is 0. The van der Waals surface area contributed by atoms with E-state index in [2.05, 4.69) is 5.32 Å². The highest BCUT2D eigenvalue weighted by atomic mass is 35.5. The van der Waals surface area contributed by atoms with Crippen LogP contribution in [0.3, 0.4) is 0 Å². The monoisotopic (exact) mass is 267 g/mol. The topological polar surface area (TPSA) is 29.1 Å². The third-order valence-electron chi connectivity index (χ3n) is 2.52. The Morgan fingerprint density at radius 1 is 1.47 bits per heavy atom. The van der Waals surface area contributed by atoms with Crippen LogP contribution < -0.4 is 5.32 Å². The highest BCUT2D eigenvalue weighted by molar-refractivity contribution is 7.20. The van der Waals surface area contributed by atoms with Gasteiger partial charge in [-0.25, -0.2) is 0 Å². The molecule has 1 aromatic heterocycles. The summed E-state index contributed by atoms with van der Waals surface area (Å²) in [5.74, 6) is 0.852. The number of halogens is 1. The molecule has 1 atom stereocenters. The summed E-state index contributed by atoms with van der Waals surface area (Å²) in [5, 5.41) is 4.02. The maximum absolute atomic E-state index is 11.9. The quantitative estimate of drug-likeness (QED) is 0.844. The van der Waals surface area contributed by atoms with Crippen LogP contribution in [-0.2, 0) is 0 Å². The van der Waals surface area contributed by atoms with Gasteiger partial charge in [-0.15, -0.1) is 22.9 Å². The number of carbonyl (C=O) groups excluding carboxylic acids is 1. The number of amides is 1. The summed E-state index contributed by atoms with van der Waals surface area (Å²) >= 11 is 7.22. The number of nitrogens with one attached hydrogen (secondary N) is 1. The lowest BCUT2D eigenvalue weighted by molar-refractivity contribution is 0.0953. The van der Waals surface area contributed by atoms with E-state index in [9.17, 15) is 4.79 Å². The lowest BCUT2D eigenvalue weighted by atomic mass is 10.2. The zero-order valence-electron chi connectivity index (χ0n) is 9.57. The van der Waals surface area contributed by atoms with Crippen LogP contribution in [0.5, 0.6) is 0 Å². The number of hydrogen-bond donors (Lipinski definition) is 1. The Bertz CT molecular complexity index is 490. The number of alkyl halides is 1. The zero-order valence-corrected chi connectivity index (χ0v) is 11.1. The van der Waals surface area contributed by atoms with Crippen molar-refractivity contribution in [2.45, 2.75) is 6.92 Å². The van der Waals surface area contributed by atoms with E-state index in [1.54, 1.807) is 0 Å². The van der Waals surface area contributed by atoms with Crippen LogP contribution in [0.25, 0.3) is 10.1 Å². The first-order valence-corrected chi connectivity index (χ1v) is 6.88. The summed E-state index contributed by atoms with van der Waals surface area (Å²) in [4.78, 5) is 12.6. The van der Waals surface area contributed by atoms with Crippen molar-refractivity contribution in [3.63, 3.8) is 0 Å². The van der Waals surface area contributed by atoms with Gasteiger partial charge in [-0.05, 0) is 23.4 Å². The minimum absolute atomic E-state index is 0.0110. The Morgan fingerprint density at radius 3 is 2.94 bits per heavy atom. The minimum Gasteiger partial charge on any atom is -0.351 e. The molecule has 1 amide bonds.